The number of nitrogens with zero attached hydrogens (tertiary/aromatic N) is 2. The Labute approximate surface area is 106 Å². The number of carbonyl (C=O) groups excluding carboxylic acids is 2. The maximum Gasteiger partial charge on any atom is 0.257 e. The molecule has 0 radical (unpaired) electrons. The summed E-state index contributed by atoms with van der Waals surface area (Å²) in [5.41, 5.74) is 3.63. The number of fused-ring (bicyclic) bond motifs is 1. The topological polar surface area (TPSA) is 84.0 Å². The lowest BCUT2D eigenvalue weighted by atomic mass is 10.1. The molecule has 3 rings (SSSR count). The second-order valence-corrected chi connectivity index (χ2v) is 4.63. The Morgan fingerprint density at radius 3 is 3.11 bits per heavy atom. The average Bonchev–Trinajstić information content (AvgIpc) is 2.95. The third-order valence-corrected chi connectivity index (χ3v) is 3.18. The molecule has 1 aromatic carbocycles. The summed E-state index contributed by atoms with van der Waals surface area (Å²) in [4.78, 5) is 23.1. The summed E-state index contributed by atoms with van der Waals surface area (Å²) in [6.07, 6.45) is 0.369. The van der Waals surface area contributed by atoms with Gasteiger partial charge >= 0.3 is 0 Å². The summed E-state index contributed by atoms with van der Waals surface area (Å²) >= 11 is 1.25. The molecule has 6 nitrogen and oxygen atoms in total. The van der Waals surface area contributed by atoms with Crippen molar-refractivity contribution in [1.82, 2.24) is 10.2 Å². The van der Waals surface area contributed by atoms with Crippen molar-refractivity contribution in [2.24, 2.45) is 0 Å². The minimum Gasteiger partial charge on any atom is -0.326 e. The van der Waals surface area contributed by atoms with Gasteiger partial charge in [0.25, 0.3) is 5.91 Å². The van der Waals surface area contributed by atoms with Crippen molar-refractivity contribution < 1.29 is 9.59 Å². The first-order chi connectivity index (χ1) is 8.72. The first-order valence-corrected chi connectivity index (χ1v) is 6.10. The second kappa shape index (κ2) is 4.19. The van der Waals surface area contributed by atoms with Crippen LogP contribution in [-0.4, -0.2) is 22.0 Å². The summed E-state index contributed by atoms with van der Waals surface area (Å²) in [5, 5.41) is 13.2. The fourth-order valence-corrected chi connectivity index (χ4v) is 2.19. The molecule has 2 amide bonds. The highest BCUT2D eigenvalue weighted by Gasteiger charge is 2.19. The molecule has 90 valence electrons. The molecule has 1 aromatic heterocycles. The Hall–Kier alpha value is -2.28. The van der Waals surface area contributed by atoms with E-state index in [1.165, 1.54) is 11.3 Å². The van der Waals surface area contributed by atoms with E-state index in [9.17, 15) is 9.59 Å². The van der Waals surface area contributed by atoms with Crippen molar-refractivity contribution in [3.05, 3.63) is 34.8 Å². The molecule has 0 spiro atoms. The van der Waals surface area contributed by atoms with Gasteiger partial charge in [0.15, 0.2) is 0 Å². The molecular weight excluding hydrogens is 252 g/mol. The highest BCUT2D eigenvalue weighted by molar-refractivity contribution is 7.13. The van der Waals surface area contributed by atoms with Crippen LogP contribution in [0, 0.1) is 0 Å². The number of benzene rings is 1. The van der Waals surface area contributed by atoms with Crippen molar-refractivity contribution in [1.29, 1.82) is 0 Å². The maximum absolute atomic E-state index is 11.9. The van der Waals surface area contributed by atoms with Crippen LogP contribution in [0.25, 0.3) is 0 Å². The lowest BCUT2D eigenvalue weighted by Gasteiger charge is -2.03. The molecule has 0 saturated carbocycles. The van der Waals surface area contributed by atoms with E-state index in [1.54, 1.807) is 23.7 Å². The first-order valence-electron chi connectivity index (χ1n) is 5.23. The van der Waals surface area contributed by atoms with Crippen LogP contribution < -0.4 is 10.6 Å². The van der Waals surface area contributed by atoms with Gasteiger partial charge in [-0.3, -0.25) is 14.9 Å². The smallest absolute Gasteiger partial charge is 0.257 e. The Morgan fingerprint density at radius 1 is 1.44 bits per heavy atom. The quantitative estimate of drug-likeness (QED) is 0.852. The number of rotatable bonds is 2. The van der Waals surface area contributed by atoms with Gasteiger partial charge in [-0.05, 0) is 17.7 Å². The molecule has 1 aliphatic heterocycles. The standard InChI is InChI=1S/C11H8N4O2S/c16-9-4-6-1-2-7(3-8(6)13-9)10(17)14-11-15-12-5-18-11/h1-3,5H,4H2,(H,13,16)(H,14,15,17). The van der Waals surface area contributed by atoms with Crippen molar-refractivity contribution in [2.75, 3.05) is 10.6 Å². The molecule has 1 aliphatic rings. The van der Waals surface area contributed by atoms with Gasteiger partial charge in [0, 0.05) is 11.3 Å². The lowest BCUT2D eigenvalue weighted by Crippen LogP contribution is -2.12. The molecule has 7 heteroatoms. The van der Waals surface area contributed by atoms with Crippen molar-refractivity contribution >= 4 is 34.0 Å². The molecule has 2 heterocycles. The number of anilines is 2. The van der Waals surface area contributed by atoms with E-state index in [2.05, 4.69) is 20.8 Å². The molecule has 2 N–H and O–H groups in total. The van der Waals surface area contributed by atoms with Gasteiger partial charge in [-0.2, -0.15) is 0 Å². The monoisotopic (exact) mass is 260 g/mol. The van der Waals surface area contributed by atoms with E-state index < -0.39 is 0 Å². The van der Waals surface area contributed by atoms with Crippen LogP contribution in [0.1, 0.15) is 15.9 Å². The zero-order valence-electron chi connectivity index (χ0n) is 9.14. The molecule has 0 aliphatic carbocycles. The Morgan fingerprint density at radius 2 is 2.33 bits per heavy atom. The van der Waals surface area contributed by atoms with Gasteiger partial charge in [-0.15, -0.1) is 10.2 Å². The van der Waals surface area contributed by atoms with Crippen molar-refractivity contribution in [3.63, 3.8) is 0 Å². The number of carbonyl (C=O) groups is 2. The number of amides is 2. The lowest BCUT2D eigenvalue weighted by molar-refractivity contribution is -0.115. The molecular formula is C11H8N4O2S. The van der Waals surface area contributed by atoms with E-state index in [0.717, 1.165) is 5.56 Å². The highest BCUT2D eigenvalue weighted by atomic mass is 32.1. The number of nitrogens with one attached hydrogen (secondary N) is 2. The zero-order valence-corrected chi connectivity index (χ0v) is 9.95. The van der Waals surface area contributed by atoms with Crippen LogP contribution in [0.3, 0.4) is 0 Å². The highest BCUT2D eigenvalue weighted by Crippen LogP contribution is 2.24. The van der Waals surface area contributed by atoms with Crippen LogP contribution in [0.4, 0.5) is 10.8 Å². The van der Waals surface area contributed by atoms with E-state index >= 15 is 0 Å². The van der Waals surface area contributed by atoms with E-state index in [1.807, 2.05) is 0 Å². The van der Waals surface area contributed by atoms with E-state index in [-0.39, 0.29) is 11.8 Å². The van der Waals surface area contributed by atoms with Gasteiger partial charge in [0.1, 0.15) is 5.51 Å². The molecule has 0 bridgehead atoms. The molecule has 0 fully saturated rings. The van der Waals surface area contributed by atoms with Gasteiger partial charge in [0.05, 0.1) is 6.42 Å². The fraction of sp³-hybridized carbons (Fsp3) is 0.0909. The Bertz CT molecular complexity index is 624. The predicted molar refractivity (Wildman–Crippen MR) is 66.6 cm³/mol. The number of hydrogen-bond acceptors (Lipinski definition) is 5. The predicted octanol–water partition coefficient (Wildman–Crippen LogP) is 1.28. The molecule has 0 saturated heterocycles. The normalized spacial score (nSPS) is 13.0. The van der Waals surface area contributed by atoms with Crippen LogP contribution in [0.5, 0.6) is 0 Å². The van der Waals surface area contributed by atoms with Gasteiger partial charge < -0.3 is 5.32 Å². The fourth-order valence-electron chi connectivity index (χ4n) is 1.75. The summed E-state index contributed by atoms with van der Waals surface area (Å²) in [5.74, 6) is -0.317. The maximum atomic E-state index is 11.9. The minimum absolute atomic E-state index is 0.0494. The summed E-state index contributed by atoms with van der Waals surface area (Å²) in [6.45, 7) is 0. The molecule has 18 heavy (non-hydrogen) atoms. The van der Waals surface area contributed by atoms with Crippen LogP contribution >= 0.6 is 11.3 Å². The molecule has 0 unspecified atom stereocenters. The number of aromatic nitrogens is 2. The number of hydrogen-bond donors (Lipinski definition) is 2. The zero-order chi connectivity index (χ0) is 12.5. The van der Waals surface area contributed by atoms with Crippen LogP contribution in [0.15, 0.2) is 23.7 Å². The molecule has 0 atom stereocenters. The summed E-state index contributed by atoms with van der Waals surface area (Å²) in [7, 11) is 0. The van der Waals surface area contributed by atoms with Crippen molar-refractivity contribution in [3.8, 4) is 0 Å². The van der Waals surface area contributed by atoms with Crippen LogP contribution in [0.2, 0.25) is 0 Å². The minimum atomic E-state index is -0.268. The third kappa shape index (κ3) is 1.95. The van der Waals surface area contributed by atoms with Gasteiger partial charge in [-0.25, -0.2) is 0 Å². The largest absolute Gasteiger partial charge is 0.326 e. The molecule has 2 aromatic rings. The van der Waals surface area contributed by atoms with Gasteiger partial charge in [-0.1, -0.05) is 17.4 Å². The average molecular weight is 260 g/mol. The Kier molecular flexibility index (Phi) is 2.52. The third-order valence-electron chi connectivity index (χ3n) is 2.58. The summed E-state index contributed by atoms with van der Waals surface area (Å²) in [6, 6.07) is 5.13. The van der Waals surface area contributed by atoms with E-state index in [0.29, 0.717) is 22.8 Å². The SMILES string of the molecule is O=C1Cc2ccc(C(=O)Nc3nncs3)cc2N1. The summed E-state index contributed by atoms with van der Waals surface area (Å²) < 4.78 is 0. The van der Waals surface area contributed by atoms with Gasteiger partial charge in [0.2, 0.25) is 11.0 Å². The Balaban J connectivity index is 1.83. The second-order valence-electron chi connectivity index (χ2n) is 3.79. The van der Waals surface area contributed by atoms with E-state index in [4.69, 9.17) is 0 Å². The van der Waals surface area contributed by atoms with Crippen molar-refractivity contribution in [2.45, 2.75) is 6.42 Å². The van der Waals surface area contributed by atoms with Crippen LogP contribution in [-0.2, 0) is 11.2 Å². The first kappa shape index (κ1) is 10.8.